The standard InChI is InChI=1S/C24H27BrN2O4/c1-14(2)21-20(23(28)31-15(3)4)22(27-24(29)26-21)18-7-5-6-8-19(18)30-13-16-9-11-17(25)12-10-16/h5-12,14-15,22H,13H2,1-4H3,(H2,26,27,29). The number of nitrogens with one attached hydrogen (secondary N) is 2. The number of rotatable bonds is 7. The normalized spacial score (nSPS) is 16.2. The molecule has 0 aliphatic carbocycles. The second-order valence-corrected chi connectivity index (χ2v) is 8.84. The molecule has 2 aromatic rings. The first kappa shape index (κ1) is 22.9. The fourth-order valence-electron chi connectivity index (χ4n) is 3.37. The quantitative estimate of drug-likeness (QED) is 0.524. The van der Waals surface area contributed by atoms with Crippen LogP contribution in [0.25, 0.3) is 0 Å². The summed E-state index contributed by atoms with van der Waals surface area (Å²) in [7, 11) is 0. The number of para-hydroxylation sites is 1. The third kappa shape index (κ3) is 5.67. The van der Waals surface area contributed by atoms with Gasteiger partial charge in [0, 0.05) is 15.7 Å². The van der Waals surface area contributed by atoms with Gasteiger partial charge in [-0.3, -0.25) is 0 Å². The predicted octanol–water partition coefficient (Wildman–Crippen LogP) is 5.24. The van der Waals surface area contributed by atoms with Gasteiger partial charge in [-0.05, 0) is 43.5 Å². The van der Waals surface area contributed by atoms with Crippen molar-refractivity contribution in [1.82, 2.24) is 10.6 Å². The Kier molecular flexibility index (Phi) is 7.38. The number of benzene rings is 2. The van der Waals surface area contributed by atoms with Crippen LogP contribution in [0, 0.1) is 5.92 Å². The molecule has 0 saturated heterocycles. The van der Waals surface area contributed by atoms with Crippen LogP contribution < -0.4 is 15.4 Å². The molecule has 1 aliphatic rings. The minimum atomic E-state index is -0.682. The lowest BCUT2D eigenvalue weighted by molar-refractivity contribution is -0.143. The summed E-state index contributed by atoms with van der Waals surface area (Å²) in [6.45, 7) is 7.81. The maximum Gasteiger partial charge on any atom is 0.338 e. The number of amides is 2. The molecule has 3 rings (SSSR count). The van der Waals surface area contributed by atoms with E-state index >= 15 is 0 Å². The van der Waals surface area contributed by atoms with Crippen molar-refractivity contribution in [3.63, 3.8) is 0 Å². The van der Waals surface area contributed by atoms with E-state index in [0.717, 1.165) is 10.0 Å². The van der Waals surface area contributed by atoms with Crippen molar-refractivity contribution in [2.24, 2.45) is 5.92 Å². The molecule has 1 aliphatic heterocycles. The number of ether oxygens (including phenoxy) is 2. The number of halogens is 1. The van der Waals surface area contributed by atoms with Crippen LogP contribution in [0.15, 0.2) is 64.3 Å². The zero-order chi connectivity index (χ0) is 22.5. The van der Waals surface area contributed by atoms with Gasteiger partial charge in [-0.1, -0.05) is 60.1 Å². The minimum absolute atomic E-state index is 0.0703. The fraction of sp³-hybridized carbons (Fsp3) is 0.333. The maximum atomic E-state index is 13.0. The zero-order valence-corrected chi connectivity index (χ0v) is 19.7. The molecule has 1 unspecified atom stereocenters. The van der Waals surface area contributed by atoms with Crippen LogP contribution in [0.2, 0.25) is 0 Å². The fourth-order valence-corrected chi connectivity index (χ4v) is 3.63. The highest BCUT2D eigenvalue weighted by atomic mass is 79.9. The van der Waals surface area contributed by atoms with Crippen molar-refractivity contribution in [3.05, 3.63) is 75.4 Å². The number of hydrogen-bond acceptors (Lipinski definition) is 4. The van der Waals surface area contributed by atoms with Crippen LogP contribution in [0.3, 0.4) is 0 Å². The van der Waals surface area contributed by atoms with E-state index < -0.39 is 12.0 Å². The molecular formula is C24H27BrN2O4. The van der Waals surface area contributed by atoms with Crippen molar-refractivity contribution in [2.75, 3.05) is 0 Å². The molecule has 0 spiro atoms. The lowest BCUT2D eigenvalue weighted by Crippen LogP contribution is -2.47. The smallest absolute Gasteiger partial charge is 0.338 e. The van der Waals surface area contributed by atoms with E-state index in [0.29, 0.717) is 29.2 Å². The van der Waals surface area contributed by atoms with Crippen LogP contribution in [0.1, 0.15) is 44.9 Å². The van der Waals surface area contributed by atoms with Gasteiger partial charge in [0.1, 0.15) is 12.4 Å². The Morgan fingerprint density at radius 3 is 2.39 bits per heavy atom. The number of urea groups is 1. The third-order valence-electron chi connectivity index (χ3n) is 4.78. The number of hydrogen-bond donors (Lipinski definition) is 2. The molecule has 6 nitrogen and oxygen atoms in total. The van der Waals surface area contributed by atoms with E-state index in [1.807, 2.05) is 62.4 Å². The lowest BCUT2D eigenvalue weighted by atomic mass is 9.91. The summed E-state index contributed by atoms with van der Waals surface area (Å²) in [5, 5.41) is 5.66. The van der Waals surface area contributed by atoms with Crippen molar-refractivity contribution in [2.45, 2.75) is 46.4 Å². The molecule has 31 heavy (non-hydrogen) atoms. The third-order valence-corrected chi connectivity index (χ3v) is 5.31. The van der Waals surface area contributed by atoms with E-state index in [-0.39, 0.29) is 18.1 Å². The molecular weight excluding hydrogens is 460 g/mol. The second-order valence-electron chi connectivity index (χ2n) is 7.92. The number of allylic oxidation sites excluding steroid dienone is 1. The predicted molar refractivity (Wildman–Crippen MR) is 122 cm³/mol. The van der Waals surface area contributed by atoms with Crippen LogP contribution in [0.5, 0.6) is 5.75 Å². The Morgan fingerprint density at radius 2 is 1.74 bits per heavy atom. The Labute approximate surface area is 191 Å². The average Bonchev–Trinajstić information content (AvgIpc) is 2.72. The zero-order valence-electron chi connectivity index (χ0n) is 18.1. The van der Waals surface area contributed by atoms with E-state index in [2.05, 4.69) is 26.6 Å². The second kappa shape index (κ2) is 10.0. The molecule has 2 aromatic carbocycles. The Bertz CT molecular complexity index is 983. The van der Waals surface area contributed by atoms with Gasteiger partial charge in [-0.2, -0.15) is 0 Å². The molecule has 0 bridgehead atoms. The van der Waals surface area contributed by atoms with Crippen molar-refractivity contribution < 1.29 is 19.1 Å². The van der Waals surface area contributed by atoms with E-state index in [1.54, 1.807) is 13.8 Å². The highest BCUT2D eigenvalue weighted by Gasteiger charge is 2.36. The number of esters is 1. The highest BCUT2D eigenvalue weighted by Crippen LogP contribution is 2.35. The summed E-state index contributed by atoms with van der Waals surface area (Å²) in [4.78, 5) is 25.4. The first-order chi connectivity index (χ1) is 14.8. The molecule has 2 amide bonds. The van der Waals surface area contributed by atoms with E-state index in [4.69, 9.17) is 9.47 Å². The van der Waals surface area contributed by atoms with Crippen molar-refractivity contribution in [1.29, 1.82) is 0 Å². The van der Waals surface area contributed by atoms with Gasteiger partial charge in [0.2, 0.25) is 0 Å². The van der Waals surface area contributed by atoms with Gasteiger partial charge in [0.05, 0.1) is 17.7 Å². The molecule has 0 aromatic heterocycles. The van der Waals surface area contributed by atoms with Crippen molar-refractivity contribution >= 4 is 27.9 Å². The summed E-state index contributed by atoms with van der Waals surface area (Å²) in [6, 6.07) is 14.2. The summed E-state index contributed by atoms with van der Waals surface area (Å²) < 4.78 is 12.6. The Balaban J connectivity index is 1.98. The maximum absolute atomic E-state index is 13.0. The summed E-state index contributed by atoms with van der Waals surface area (Å²) in [6.07, 6.45) is -0.282. The van der Waals surface area contributed by atoms with Gasteiger partial charge in [0.15, 0.2) is 0 Å². The number of carbonyl (C=O) groups is 2. The van der Waals surface area contributed by atoms with E-state index in [9.17, 15) is 9.59 Å². The Morgan fingerprint density at radius 1 is 1.06 bits per heavy atom. The van der Waals surface area contributed by atoms with Crippen LogP contribution >= 0.6 is 15.9 Å². The molecule has 0 radical (unpaired) electrons. The molecule has 7 heteroatoms. The molecule has 164 valence electrons. The van der Waals surface area contributed by atoms with E-state index in [1.165, 1.54) is 0 Å². The highest BCUT2D eigenvalue weighted by molar-refractivity contribution is 9.10. The first-order valence-electron chi connectivity index (χ1n) is 10.2. The van der Waals surface area contributed by atoms with Crippen LogP contribution in [0.4, 0.5) is 4.79 Å². The van der Waals surface area contributed by atoms with Gasteiger partial charge >= 0.3 is 12.0 Å². The summed E-state index contributed by atoms with van der Waals surface area (Å²) in [5.41, 5.74) is 2.65. The van der Waals surface area contributed by atoms with Crippen LogP contribution in [-0.4, -0.2) is 18.1 Å². The summed E-state index contributed by atoms with van der Waals surface area (Å²) in [5.74, 6) is 0.0635. The number of carbonyl (C=O) groups excluding carboxylic acids is 2. The van der Waals surface area contributed by atoms with Crippen molar-refractivity contribution in [3.8, 4) is 5.75 Å². The molecule has 0 fully saturated rings. The van der Waals surface area contributed by atoms with Crippen LogP contribution in [-0.2, 0) is 16.1 Å². The Hall–Kier alpha value is -2.80. The monoisotopic (exact) mass is 486 g/mol. The molecule has 1 heterocycles. The van der Waals surface area contributed by atoms with Gasteiger partial charge in [-0.25, -0.2) is 9.59 Å². The SMILES string of the molecule is CC(C)OC(=O)C1=C(C(C)C)NC(=O)NC1c1ccccc1OCc1ccc(Br)cc1. The topological polar surface area (TPSA) is 76.7 Å². The summed E-state index contributed by atoms with van der Waals surface area (Å²) >= 11 is 3.43. The van der Waals surface area contributed by atoms with Gasteiger partial charge < -0.3 is 20.1 Å². The van der Waals surface area contributed by atoms with Gasteiger partial charge in [-0.15, -0.1) is 0 Å². The largest absolute Gasteiger partial charge is 0.489 e. The molecule has 2 N–H and O–H groups in total. The molecule has 0 saturated carbocycles. The average molecular weight is 487 g/mol. The first-order valence-corrected chi connectivity index (χ1v) is 11.0. The minimum Gasteiger partial charge on any atom is -0.489 e. The molecule has 1 atom stereocenters. The van der Waals surface area contributed by atoms with Gasteiger partial charge in [0.25, 0.3) is 0 Å². The lowest BCUT2D eigenvalue weighted by Gasteiger charge is -2.32.